The standard InChI is InChI=1S/C12H14N2O4/c15-10-3-1-9(2-4-11(10)16)13-12(17)14-5-7-18-8-6-14/h1-4H,5-8H2,(H,13,17)(H,15,16). The lowest BCUT2D eigenvalue weighted by atomic mass is 10.4. The third-order valence-corrected chi connectivity index (χ3v) is 2.64. The first kappa shape index (κ1) is 12.4. The molecule has 2 N–H and O–H groups in total. The number of rotatable bonds is 1. The zero-order valence-corrected chi connectivity index (χ0v) is 9.76. The number of anilines is 1. The monoisotopic (exact) mass is 250 g/mol. The quantitative estimate of drug-likeness (QED) is 0.765. The topological polar surface area (TPSA) is 78.9 Å². The lowest BCUT2D eigenvalue weighted by Gasteiger charge is -2.26. The van der Waals surface area contributed by atoms with E-state index in [0.29, 0.717) is 32.0 Å². The zero-order chi connectivity index (χ0) is 13.0. The summed E-state index contributed by atoms with van der Waals surface area (Å²) in [5.74, 6) is -0.345. The van der Waals surface area contributed by atoms with Crippen LogP contribution in [-0.2, 0) is 4.74 Å². The molecule has 6 nitrogen and oxygen atoms in total. The fourth-order valence-electron chi connectivity index (χ4n) is 1.61. The number of nitrogens with one attached hydrogen (secondary N) is 1. The Morgan fingerprint density at radius 3 is 2.61 bits per heavy atom. The average molecular weight is 250 g/mol. The van der Waals surface area contributed by atoms with Crippen LogP contribution in [0.2, 0.25) is 0 Å². The van der Waals surface area contributed by atoms with Gasteiger partial charge in [0.25, 0.3) is 0 Å². The van der Waals surface area contributed by atoms with E-state index >= 15 is 0 Å². The fraction of sp³-hybridized carbons (Fsp3) is 0.333. The second-order valence-corrected chi connectivity index (χ2v) is 3.90. The van der Waals surface area contributed by atoms with E-state index in [1.165, 1.54) is 24.3 Å². The number of carbonyl (C=O) groups excluding carboxylic acids is 1. The molecule has 6 heteroatoms. The van der Waals surface area contributed by atoms with Gasteiger partial charge in [-0.2, -0.15) is 0 Å². The molecule has 96 valence electrons. The molecule has 0 radical (unpaired) electrons. The minimum absolute atomic E-state index is 0.239. The summed E-state index contributed by atoms with van der Waals surface area (Å²) in [5, 5.41) is 11.9. The summed E-state index contributed by atoms with van der Waals surface area (Å²) in [6.45, 7) is 2.15. The summed E-state index contributed by atoms with van der Waals surface area (Å²) in [4.78, 5) is 24.7. The Morgan fingerprint density at radius 1 is 1.22 bits per heavy atom. The minimum atomic E-state index is -0.484. The first-order valence-electron chi connectivity index (χ1n) is 5.64. The van der Waals surface area contributed by atoms with Gasteiger partial charge in [-0.15, -0.1) is 0 Å². The number of carbonyl (C=O) groups is 1. The Balaban J connectivity index is 2.07. The van der Waals surface area contributed by atoms with Crippen molar-refractivity contribution in [3.8, 4) is 5.75 Å². The first-order valence-corrected chi connectivity index (χ1v) is 5.64. The van der Waals surface area contributed by atoms with Crippen molar-refractivity contribution < 1.29 is 14.6 Å². The minimum Gasteiger partial charge on any atom is -0.504 e. The van der Waals surface area contributed by atoms with Crippen molar-refractivity contribution in [2.45, 2.75) is 0 Å². The van der Waals surface area contributed by atoms with E-state index in [1.807, 2.05) is 0 Å². The van der Waals surface area contributed by atoms with Gasteiger partial charge in [-0.25, -0.2) is 4.79 Å². The van der Waals surface area contributed by atoms with Crippen LogP contribution in [0.4, 0.5) is 10.5 Å². The molecule has 1 aromatic rings. The fourth-order valence-corrected chi connectivity index (χ4v) is 1.61. The van der Waals surface area contributed by atoms with Gasteiger partial charge in [-0.3, -0.25) is 4.79 Å². The molecule has 2 rings (SSSR count). The highest BCUT2D eigenvalue weighted by Gasteiger charge is 2.16. The van der Waals surface area contributed by atoms with Gasteiger partial charge < -0.3 is 20.1 Å². The Morgan fingerprint density at radius 2 is 1.89 bits per heavy atom. The van der Waals surface area contributed by atoms with Gasteiger partial charge in [0, 0.05) is 18.8 Å². The Kier molecular flexibility index (Phi) is 3.78. The number of nitrogens with zero attached hydrogens (tertiary/aromatic N) is 1. The van der Waals surface area contributed by atoms with Crippen molar-refractivity contribution in [2.75, 3.05) is 31.6 Å². The number of amides is 2. The molecule has 0 bridgehead atoms. The van der Waals surface area contributed by atoms with E-state index in [0.717, 1.165) is 0 Å². The molecule has 1 saturated heterocycles. The van der Waals surface area contributed by atoms with Crippen LogP contribution in [-0.4, -0.2) is 42.3 Å². The summed E-state index contributed by atoms with van der Waals surface area (Å²) in [6.07, 6.45) is 0. The van der Waals surface area contributed by atoms with E-state index in [9.17, 15) is 14.7 Å². The first-order chi connectivity index (χ1) is 8.66. The molecule has 0 saturated carbocycles. The maximum absolute atomic E-state index is 11.9. The van der Waals surface area contributed by atoms with Crippen molar-refractivity contribution in [2.24, 2.45) is 0 Å². The summed E-state index contributed by atoms with van der Waals surface area (Å²) in [6, 6.07) is 5.17. The van der Waals surface area contributed by atoms with Crippen LogP contribution in [0.25, 0.3) is 0 Å². The highest BCUT2D eigenvalue weighted by molar-refractivity contribution is 5.89. The predicted molar refractivity (Wildman–Crippen MR) is 65.8 cm³/mol. The van der Waals surface area contributed by atoms with Crippen LogP contribution in [0.3, 0.4) is 0 Å². The number of hydrogen-bond acceptors (Lipinski definition) is 4. The highest BCUT2D eigenvalue weighted by atomic mass is 16.5. The van der Waals surface area contributed by atoms with Crippen LogP contribution in [0, 0.1) is 0 Å². The third-order valence-electron chi connectivity index (χ3n) is 2.64. The van der Waals surface area contributed by atoms with E-state index in [4.69, 9.17) is 4.74 Å². The lowest BCUT2D eigenvalue weighted by Crippen LogP contribution is -2.43. The van der Waals surface area contributed by atoms with Crippen LogP contribution < -0.4 is 10.7 Å². The smallest absolute Gasteiger partial charge is 0.321 e. The molecular weight excluding hydrogens is 236 g/mol. The second kappa shape index (κ2) is 5.50. The van der Waals surface area contributed by atoms with Gasteiger partial charge in [0.1, 0.15) is 0 Å². The maximum atomic E-state index is 11.9. The molecule has 0 unspecified atom stereocenters. The van der Waals surface area contributed by atoms with Crippen molar-refractivity contribution in [3.05, 3.63) is 34.5 Å². The van der Waals surface area contributed by atoms with Gasteiger partial charge in [-0.1, -0.05) is 0 Å². The molecule has 2 amide bonds. The van der Waals surface area contributed by atoms with Gasteiger partial charge in [0.2, 0.25) is 5.43 Å². The van der Waals surface area contributed by atoms with Crippen LogP contribution in [0.15, 0.2) is 29.1 Å². The average Bonchev–Trinajstić information content (AvgIpc) is 2.55. The number of hydrogen-bond donors (Lipinski definition) is 2. The molecule has 1 aliphatic rings. The molecule has 0 atom stereocenters. The van der Waals surface area contributed by atoms with Crippen LogP contribution >= 0.6 is 0 Å². The summed E-state index contributed by atoms with van der Waals surface area (Å²) >= 11 is 0. The summed E-state index contributed by atoms with van der Waals surface area (Å²) < 4.78 is 5.15. The molecule has 0 spiro atoms. The summed E-state index contributed by atoms with van der Waals surface area (Å²) in [5.41, 5.74) is -0.0224. The van der Waals surface area contributed by atoms with Crippen molar-refractivity contribution in [3.63, 3.8) is 0 Å². The molecule has 1 aromatic carbocycles. The van der Waals surface area contributed by atoms with Crippen LogP contribution in [0.5, 0.6) is 5.75 Å². The molecule has 1 heterocycles. The number of urea groups is 1. The molecule has 1 aliphatic heterocycles. The Bertz CT molecular complexity index is 498. The normalized spacial score (nSPS) is 15.2. The van der Waals surface area contributed by atoms with Gasteiger partial charge >= 0.3 is 6.03 Å². The lowest BCUT2D eigenvalue weighted by molar-refractivity contribution is 0.0564. The molecule has 18 heavy (non-hydrogen) atoms. The third kappa shape index (κ3) is 2.98. The van der Waals surface area contributed by atoms with E-state index in [-0.39, 0.29) is 11.8 Å². The van der Waals surface area contributed by atoms with Gasteiger partial charge in [0.05, 0.1) is 13.2 Å². The second-order valence-electron chi connectivity index (χ2n) is 3.90. The van der Waals surface area contributed by atoms with Crippen molar-refractivity contribution >= 4 is 11.7 Å². The molecule has 1 fully saturated rings. The highest BCUT2D eigenvalue weighted by Crippen LogP contribution is 2.09. The van der Waals surface area contributed by atoms with Crippen molar-refractivity contribution in [1.29, 1.82) is 0 Å². The maximum Gasteiger partial charge on any atom is 0.321 e. The van der Waals surface area contributed by atoms with Gasteiger partial charge in [-0.05, 0) is 24.3 Å². The van der Waals surface area contributed by atoms with E-state index in [1.54, 1.807) is 4.90 Å². The number of aromatic hydroxyl groups is 1. The Hall–Kier alpha value is -2.08. The SMILES string of the molecule is O=C(Nc1ccc(O)c(=O)cc1)N1CCOCC1. The summed E-state index contributed by atoms with van der Waals surface area (Å²) in [7, 11) is 0. The molecule has 0 aliphatic carbocycles. The van der Waals surface area contributed by atoms with Crippen molar-refractivity contribution in [1.82, 2.24) is 4.90 Å². The number of morpholine rings is 1. The predicted octanol–water partition coefficient (Wildman–Crippen LogP) is 0.617. The molecule has 0 aromatic heterocycles. The van der Waals surface area contributed by atoms with Gasteiger partial charge in [0.15, 0.2) is 5.75 Å². The number of ether oxygens (including phenoxy) is 1. The van der Waals surface area contributed by atoms with E-state index in [2.05, 4.69) is 5.32 Å². The Labute approximate surface area is 104 Å². The largest absolute Gasteiger partial charge is 0.504 e. The van der Waals surface area contributed by atoms with Crippen LogP contribution in [0.1, 0.15) is 0 Å². The van der Waals surface area contributed by atoms with E-state index < -0.39 is 5.43 Å². The zero-order valence-electron chi connectivity index (χ0n) is 9.76. The molecular formula is C12H14N2O4.